The second-order valence-electron chi connectivity index (χ2n) is 9.36. The van der Waals surface area contributed by atoms with Crippen molar-refractivity contribution >= 4 is 23.5 Å². The van der Waals surface area contributed by atoms with Crippen molar-refractivity contribution in [2.45, 2.75) is 6.42 Å². The fourth-order valence-corrected chi connectivity index (χ4v) is 10.1. The topological polar surface area (TPSA) is 77.5 Å². The summed E-state index contributed by atoms with van der Waals surface area (Å²) in [6, 6.07) is 0. The normalized spacial score (nSPS) is 70.3. The number of carbonyl (C=O) groups is 4. The fourth-order valence-electron chi connectivity index (χ4n) is 10.1. The first-order valence-electron chi connectivity index (χ1n) is 9.10. The third-order valence-corrected chi connectivity index (χ3v) is 9.80. The van der Waals surface area contributed by atoms with Crippen LogP contribution in [0.5, 0.6) is 0 Å². The van der Waals surface area contributed by atoms with Crippen LogP contribution in [0.3, 0.4) is 0 Å². The number of fused-ring (bicyclic) bond motifs is 1. The number of hydrogen-bond donors (Lipinski definition) is 0. The summed E-state index contributed by atoms with van der Waals surface area (Å²) in [5, 5.41) is 0. The number of allylic oxidation sites excluding steroid dienone is 2. The highest BCUT2D eigenvalue weighted by Crippen LogP contribution is 2.95. The highest BCUT2D eigenvalue weighted by molar-refractivity contribution is 6.14. The van der Waals surface area contributed by atoms with Gasteiger partial charge in [-0.25, -0.2) is 0 Å². The summed E-state index contributed by atoms with van der Waals surface area (Å²) in [6.45, 7) is 0. The smallest absolute Gasteiger partial charge is 0.318 e. The van der Waals surface area contributed by atoms with Crippen LogP contribution in [0.15, 0.2) is 12.2 Å². The van der Waals surface area contributed by atoms with E-state index < -0.39 is 34.6 Å². The molecule has 12 atom stereocenters. The predicted molar refractivity (Wildman–Crippen MR) is 74.6 cm³/mol. The van der Waals surface area contributed by atoms with E-state index in [0.717, 1.165) is 6.42 Å². The highest BCUT2D eigenvalue weighted by atomic mass is 16.6. The quantitative estimate of drug-likeness (QED) is 0.366. The number of cyclic esters (lactones) is 2. The van der Waals surface area contributed by atoms with E-state index in [4.69, 9.17) is 4.74 Å². The molecular weight excluding hydrogens is 308 g/mol. The maximum absolute atomic E-state index is 13.5. The van der Waals surface area contributed by atoms with Gasteiger partial charge in [0.05, 0.1) is 22.7 Å². The van der Waals surface area contributed by atoms with Crippen LogP contribution in [0.1, 0.15) is 6.42 Å². The number of esters is 2. The van der Waals surface area contributed by atoms with Gasteiger partial charge >= 0.3 is 11.9 Å². The van der Waals surface area contributed by atoms with Gasteiger partial charge in [-0.1, -0.05) is 12.2 Å². The molecule has 0 aromatic carbocycles. The van der Waals surface area contributed by atoms with Crippen LogP contribution in [-0.2, 0) is 23.9 Å². The number of carbonyl (C=O) groups excluding carboxylic acids is 4. The predicted octanol–water partition coefficient (Wildman–Crippen LogP) is 0.384. The number of ketones is 2. The van der Waals surface area contributed by atoms with Gasteiger partial charge in [0.1, 0.15) is 11.6 Å². The van der Waals surface area contributed by atoms with Crippen LogP contribution < -0.4 is 0 Å². The maximum Gasteiger partial charge on any atom is 0.318 e. The van der Waals surface area contributed by atoms with E-state index in [9.17, 15) is 19.2 Å². The van der Waals surface area contributed by atoms with Gasteiger partial charge in [0.2, 0.25) is 0 Å². The molecule has 5 heteroatoms. The van der Waals surface area contributed by atoms with E-state index in [1.807, 2.05) is 12.2 Å². The van der Waals surface area contributed by atoms with Gasteiger partial charge < -0.3 is 4.74 Å². The van der Waals surface area contributed by atoms with Crippen LogP contribution in [0, 0.1) is 70.0 Å². The molecular formula is C19H14O5. The summed E-state index contributed by atoms with van der Waals surface area (Å²) in [4.78, 5) is 51.8. The Morgan fingerprint density at radius 2 is 1.21 bits per heavy atom. The molecule has 24 heavy (non-hydrogen) atoms. The molecule has 0 amide bonds. The first-order valence-corrected chi connectivity index (χ1v) is 9.10. The number of hydrogen-bond acceptors (Lipinski definition) is 5. The summed E-state index contributed by atoms with van der Waals surface area (Å²) in [6.07, 6.45) is 4.99. The van der Waals surface area contributed by atoms with Crippen molar-refractivity contribution in [1.82, 2.24) is 0 Å². The Kier molecular flexibility index (Phi) is 1.34. The van der Waals surface area contributed by atoms with Gasteiger partial charge in [0, 0.05) is 23.7 Å². The van der Waals surface area contributed by atoms with Gasteiger partial charge in [-0.15, -0.1) is 0 Å². The van der Waals surface area contributed by atoms with Gasteiger partial charge in [0.25, 0.3) is 0 Å². The summed E-state index contributed by atoms with van der Waals surface area (Å²) >= 11 is 0. The van der Waals surface area contributed by atoms with Crippen molar-refractivity contribution < 1.29 is 23.9 Å². The Bertz CT molecular complexity index is 831. The lowest BCUT2D eigenvalue weighted by Gasteiger charge is -2.73. The molecule has 5 nitrogen and oxygen atoms in total. The zero-order chi connectivity index (χ0) is 15.9. The van der Waals surface area contributed by atoms with E-state index >= 15 is 0 Å². The second-order valence-corrected chi connectivity index (χ2v) is 9.36. The van der Waals surface area contributed by atoms with Gasteiger partial charge in [-0.2, -0.15) is 0 Å². The molecule has 0 aromatic heterocycles. The Morgan fingerprint density at radius 3 is 1.67 bits per heavy atom. The second kappa shape index (κ2) is 2.74. The molecule has 1 heterocycles. The van der Waals surface area contributed by atoms with E-state index in [0.29, 0.717) is 11.8 Å². The third kappa shape index (κ3) is 0.638. The Morgan fingerprint density at radius 1 is 0.750 bits per heavy atom. The lowest BCUT2D eigenvalue weighted by molar-refractivity contribution is -0.249. The van der Waals surface area contributed by atoms with Crippen molar-refractivity contribution in [3.8, 4) is 0 Å². The summed E-state index contributed by atoms with van der Waals surface area (Å²) in [7, 11) is 0. The number of Topliss-reactive ketones (excluding diaryl/α,β-unsaturated/α-hetero) is 2. The number of ether oxygens (including phenoxy) is 1. The van der Waals surface area contributed by atoms with Crippen LogP contribution in [0.2, 0.25) is 0 Å². The first kappa shape index (κ1) is 11.7. The summed E-state index contributed by atoms with van der Waals surface area (Å²) in [5.41, 5.74) is -1.34. The molecule has 1 saturated heterocycles. The van der Waals surface area contributed by atoms with Crippen LogP contribution in [0.4, 0.5) is 0 Å². The molecule has 1 aliphatic heterocycles. The Balaban J connectivity index is 1.52. The lowest BCUT2D eigenvalue weighted by atomic mass is 9.26. The SMILES string of the molecule is O=C1OC(=O)C2C1[C@H]1C=C[C@@H]2[C@@]23C(=O)[C@@H]4[C@H]5C[C@H]6[C@@H]4C(=O)[C@@]12[C@H]6[C@H]53. The molecule has 8 aliphatic carbocycles. The Labute approximate surface area is 136 Å². The molecule has 9 aliphatic rings. The molecule has 0 aromatic rings. The number of rotatable bonds is 0. The Hall–Kier alpha value is -1.78. The van der Waals surface area contributed by atoms with Crippen molar-refractivity contribution in [2.75, 3.05) is 0 Å². The van der Waals surface area contributed by atoms with Crippen molar-refractivity contribution in [1.29, 1.82) is 0 Å². The minimum atomic E-state index is -0.671. The zero-order valence-electron chi connectivity index (χ0n) is 12.7. The minimum Gasteiger partial charge on any atom is -0.393 e. The third-order valence-electron chi connectivity index (χ3n) is 9.80. The standard InChI is InChI=1S/C19H14O5/c20-14-8-4-3-5-9(8)15(21)19-7-2-1-6(18(14,19)12(4)13(5)19)10-11(7)17(23)24-16(10)22/h1-2,4-13H,3H2/t4-,5+,6+,7-,8-,9+,10?,11?,12+,13-,18-,19+. The molecule has 2 spiro atoms. The molecule has 120 valence electrons. The molecule has 0 N–H and O–H groups in total. The van der Waals surface area contributed by atoms with E-state index in [-0.39, 0.29) is 47.1 Å². The highest BCUT2D eigenvalue weighted by Gasteiger charge is 3.00. The minimum absolute atomic E-state index is 0.0845. The first-order chi connectivity index (χ1) is 11.6. The van der Waals surface area contributed by atoms with Crippen LogP contribution in [0.25, 0.3) is 0 Å². The molecule has 9 rings (SSSR count). The van der Waals surface area contributed by atoms with Crippen LogP contribution in [-0.4, -0.2) is 23.5 Å². The molecule has 6 saturated carbocycles. The van der Waals surface area contributed by atoms with E-state index in [1.54, 1.807) is 0 Å². The van der Waals surface area contributed by atoms with Crippen molar-refractivity contribution in [3.63, 3.8) is 0 Å². The average Bonchev–Trinajstić information content (AvgIpc) is 3.18. The average molecular weight is 322 g/mol. The van der Waals surface area contributed by atoms with Crippen LogP contribution >= 0.6 is 0 Å². The van der Waals surface area contributed by atoms with E-state index in [2.05, 4.69) is 0 Å². The maximum atomic E-state index is 13.5. The van der Waals surface area contributed by atoms with Gasteiger partial charge in [0.15, 0.2) is 0 Å². The summed E-state index contributed by atoms with van der Waals surface area (Å²) < 4.78 is 4.98. The monoisotopic (exact) mass is 322 g/mol. The van der Waals surface area contributed by atoms with Crippen molar-refractivity contribution in [2.24, 2.45) is 70.0 Å². The summed E-state index contributed by atoms with van der Waals surface area (Å²) in [5.74, 6) is -0.961. The lowest BCUT2D eigenvalue weighted by Crippen LogP contribution is -2.79. The molecule has 4 bridgehead atoms. The molecule has 0 radical (unpaired) electrons. The van der Waals surface area contributed by atoms with Gasteiger partial charge in [-0.05, 0) is 30.1 Å². The molecule has 2 unspecified atom stereocenters. The molecule has 7 fully saturated rings. The fraction of sp³-hybridized carbons (Fsp3) is 0.684. The van der Waals surface area contributed by atoms with Gasteiger partial charge in [-0.3, -0.25) is 19.2 Å². The van der Waals surface area contributed by atoms with E-state index in [1.165, 1.54) is 0 Å². The zero-order valence-corrected chi connectivity index (χ0v) is 12.7. The van der Waals surface area contributed by atoms with Crippen molar-refractivity contribution in [3.05, 3.63) is 12.2 Å². The largest absolute Gasteiger partial charge is 0.393 e.